The molecule has 2 fully saturated rings. The van der Waals surface area contributed by atoms with Crippen molar-refractivity contribution in [2.24, 2.45) is 5.73 Å². The molecule has 0 aromatic heterocycles. The molecule has 0 radical (unpaired) electrons. The number of nitrogens with two attached hydrogens (primary N) is 1. The number of nitrogens with one attached hydrogen (secondary N) is 1. The zero-order chi connectivity index (χ0) is 17.0. The Bertz CT molecular complexity index is 611. The average Bonchev–Trinajstić information content (AvgIpc) is 3.23. The van der Waals surface area contributed by atoms with Gasteiger partial charge in [-0.15, -0.1) is 0 Å². The molecular formula is C18H25N3O3. The minimum Gasteiger partial charge on any atom is -0.484 e. The third-order valence-corrected chi connectivity index (χ3v) is 4.93. The molecule has 24 heavy (non-hydrogen) atoms. The molecule has 1 aromatic carbocycles. The number of amides is 2. The molecule has 130 valence electrons. The first-order valence-electron chi connectivity index (χ1n) is 8.66. The van der Waals surface area contributed by atoms with Crippen molar-refractivity contribution in [2.75, 3.05) is 24.6 Å². The molecule has 3 rings (SSSR count). The van der Waals surface area contributed by atoms with Gasteiger partial charge in [0.15, 0.2) is 6.61 Å². The van der Waals surface area contributed by atoms with Crippen molar-refractivity contribution in [3.63, 3.8) is 0 Å². The number of nitrogens with zero attached hydrogens (tertiary/aromatic N) is 1. The highest BCUT2D eigenvalue weighted by molar-refractivity contribution is 5.95. The first-order valence-corrected chi connectivity index (χ1v) is 8.66. The van der Waals surface area contributed by atoms with E-state index in [1.807, 2.05) is 18.2 Å². The maximum atomic E-state index is 12.2. The van der Waals surface area contributed by atoms with Crippen LogP contribution >= 0.6 is 0 Å². The highest BCUT2D eigenvalue weighted by Gasteiger charge is 2.33. The maximum absolute atomic E-state index is 12.2. The van der Waals surface area contributed by atoms with E-state index in [1.165, 1.54) is 0 Å². The number of ether oxygens (including phenoxy) is 1. The summed E-state index contributed by atoms with van der Waals surface area (Å²) in [4.78, 5) is 25.8. The number of anilines is 1. The van der Waals surface area contributed by atoms with Crippen molar-refractivity contribution < 1.29 is 14.3 Å². The summed E-state index contributed by atoms with van der Waals surface area (Å²) in [5.74, 6) is 0.580. The normalized spacial score (nSPS) is 19.5. The van der Waals surface area contributed by atoms with Crippen LogP contribution in [0.3, 0.4) is 0 Å². The van der Waals surface area contributed by atoms with Gasteiger partial charge in [0.25, 0.3) is 5.91 Å². The van der Waals surface area contributed by atoms with E-state index < -0.39 is 0 Å². The molecule has 6 nitrogen and oxygen atoms in total. The lowest BCUT2D eigenvalue weighted by molar-refractivity contribution is -0.125. The Hall–Kier alpha value is -2.08. The summed E-state index contributed by atoms with van der Waals surface area (Å²) in [7, 11) is 0. The molecule has 0 bridgehead atoms. The van der Waals surface area contributed by atoms with Crippen LogP contribution in [0.4, 0.5) is 5.69 Å². The molecule has 0 unspecified atom stereocenters. The fourth-order valence-electron chi connectivity index (χ4n) is 3.57. The number of hydrogen-bond acceptors (Lipinski definition) is 4. The zero-order valence-electron chi connectivity index (χ0n) is 13.9. The Labute approximate surface area is 142 Å². The van der Waals surface area contributed by atoms with Gasteiger partial charge in [0.05, 0.1) is 5.54 Å². The van der Waals surface area contributed by atoms with Crippen molar-refractivity contribution in [2.45, 2.75) is 44.1 Å². The highest BCUT2D eigenvalue weighted by Crippen LogP contribution is 2.29. The molecule has 6 heteroatoms. The van der Waals surface area contributed by atoms with Crippen LogP contribution in [0.5, 0.6) is 5.75 Å². The van der Waals surface area contributed by atoms with E-state index in [2.05, 4.69) is 5.32 Å². The molecule has 1 saturated carbocycles. The zero-order valence-corrected chi connectivity index (χ0v) is 13.9. The summed E-state index contributed by atoms with van der Waals surface area (Å²) in [5.41, 5.74) is 6.40. The number of carbonyl (C=O) groups excluding carboxylic acids is 2. The fraction of sp³-hybridized carbons (Fsp3) is 0.556. The molecular weight excluding hydrogens is 306 g/mol. The third-order valence-electron chi connectivity index (χ3n) is 4.93. The molecule has 3 N–H and O–H groups in total. The summed E-state index contributed by atoms with van der Waals surface area (Å²) in [6, 6.07) is 7.33. The van der Waals surface area contributed by atoms with Crippen molar-refractivity contribution in [1.29, 1.82) is 0 Å². The lowest BCUT2D eigenvalue weighted by Crippen LogP contribution is -2.52. The van der Waals surface area contributed by atoms with Crippen molar-refractivity contribution >= 4 is 17.5 Å². The summed E-state index contributed by atoms with van der Waals surface area (Å²) >= 11 is 0. The largest absolute Gasteiger partial charge is 0.484 e. The topological polar surface area (TPSA) is 84.7 Å². The van der Waals surface area contributed by atoms with Gasteiger partial charge in [-0.05, 0) is 31.4 Å². The second-order valence-corrected chi connectivity index (χ2v) is 6.67. The Morgan fingerprint density at radius 2 is 2.08 bits per heavy atom. The lowest BCUT2D eigenvalue weighted by Gasteiger charge is -2.28. The van der Waals surface area contributed by atoms with Gasteiger partial charge in [-0.25, -0.2) is 0 Å². The lowest BCUT2D eigenvalue weighted by atomic mass is 9.98. The molecule has 1 aliphatic carbocycles. The van der Waals surface area contributed by atoms with Crippen LogP contribution in [0, 0.1) is 0 Å². The molecule has 2 aliphatic rings. The summed E-state index contributed by atoms with van der Waals surface area (Å²) < 4.78 is 5.61. The maximum Gasteiger partial charge on any atom is 0.258 e. The van der Waals surface area contributed by atoms with Gasteiger partial charge in [-0.2, -0.15) is 0 Å². The molecule has 0 atom stereocenters. The number of hydrogen-bond donors (Lipinski definition) is 2. The standard InChI is InChI=1S/C18H25N3O3/c19-13-18(8-1-2-9-18)20-16(22)12-24-15-6-3-5-14(11-15)21-10-4-7-17(21)23/h3,5-6,11H,1-2,4,7-10,12-13,19H2,(H,20,22). The Balaban J connectivity index is 1.56. The average molecular weight is 331 g/mol. The minimum absolute atomic E-state index is 0.0425. The Morgan fingerprint density at radius 1 is 1.29 bits per heavy atom. The van der Waals surface area contributed by atoms with Crippen molar-refractivity contribution in [3.05, 3.63) is 24.3 Å². The number of carbonyl (C=O) groups is 2. The SMILES string of the molecule is NCC1(NC(=O)COc2cccc(N3CCCC3=O)c2)CCCC1. The summed E-state index contributed by atoms with van der Waals surface area (Å²) in [6.45, 7) is 1.16. The smallest absolute Gasteiger partial charge is 0.258 e. The van der Waals surface area contributed by atoms with Gasteiger partial charge >= 0.3 is 0 Å². The molecule has 2 amide bonds. The van der Waals surface area contributed by atoms with E-state index in [1.54, 1.807) is 11.0 Å². The van der Waals surface area contributed by atoms with E-state index in [4.69, 9.17) is 10.5 Å². The predicted octanol–water partition coefficient (Wildman–Crippen LogP) is 1.58. The van der Waals surface area contributed by atoms with Gasteiger partial charge in [0.2, 0.25) is 5.91 Å². The molecule has 1 aliphatic heterocycles. The summed E-state index contributed by atoms with van der Waals surface area (Å²) in [6.07, 6.45) is 5.54. The van der Waals surface area contributed by atoms with Crippen LogP contribution in [0.1, 0.15) is 38.5 Å². The molecule has 1 saturated heterocycles. The second-order valence-electron chi connectivity index (χ2n) is 6.67. The number of rotatable bonds is 6. The predicted molar refractivity (Wildman–Crippen MR) is 91.9 cm³/mol. The van der Waals surface area contributed by atoms with E-state index in [0.29, 0.717) is 18.7 Å². The minimum atomic E-state index is -0.260. The second kappa shape index (κ2) is 7.21. The highest BCUT2D eigenvalue weighted by atomic mass is 16.5. The van der Waals surface area contributed by atoms with E-state index in [0.717, 1.165) is 44.3 Å². The van der Waals surface area contributed by atoms with E-state index in [9.17, 15) is 9.59 Å². The first kappa shape index (κ1) is 16.8. The quantitative estimate of drug-likeness (QED) is 0.829. The Morgan fingerprint density at radius 3 is 2.75 bits per heavy atom. The monoisotopic (exact) mass is 331 g/mol. The van der Waals surface area contributed by atoms with Crippen LogP contribution in [0.15, 0.2) is 24.3 Å². The Kier molecular flexibility index (Phi) is 5.04. The van der Waals surface area contributed by atoms with Crippen LogP contribution < -0.4 is 20.7 Å². The number of benzene rings is 1. The van der Waals surface area contributed by atoms with Gasteiger partial charge in [0, 0.05) is 31.3 Å². The van der Waals surface area contributed by atoms with Crippen LogP contribution in [-0.2, 0) is 9.59 Å². The molecule has 1 aromatic rings. The van der Waals surface area contributed by atoms with Gasteiger partial charge < -0.3 is 20.7 Å². The van der Waals surface area contributed by atoms with Crippen LogP contribution in [0.25, 0.3) is 0 Å². The fourth-order valence-corrected chi connectivity index (χ4v) is 3.57. The first-order chi connectivity index (χ1) is 11.6. The van der Waals surface area contributed by atoms with E-state index >= 15 is 0 Å². The van der Waals surface area contributed by atoms with Gasteiger partial charge in [0.1, 0.15) is 5.75 Å². The van der Waals surface area contributed by atoms with E-state index in [-0.39, 0.29) is 24.0 Å². The van der Waals surface area contributed by atoms with Crippen LogP contribution in [0.2, 0.25) is 0 Å². The van der Waals surface area contributed by atoms with Crippen LogP contribution in [-0.4, -0.2) is 37.0 Å². The van der Waals surface area contributed by atoms with Gasteiger partial charge in [-0.1, -0.05) is 18.9 Å². The summed E-state index contributed by atoms with van der Waals surface area (Å²) in [5, 5.41) is 3.04. The van der Waals surface area contributed by atoms with Gasteiger partial charge in [-0.3, -0.25) is 9.59 Å². The van der Waals surface area contributed by atoms with Crippen molar-refractivity contribution in [3.8, 4) is 5.75 Å². The third kappa shape index (κ3) is 3.70. The molecule has 1 heterocycles. The molecule has 0 spiro atoms. The van der Waals surface area contributed by atoms with Crippen molar-refractivity contribution in [1.82, 2.24) is 5.32 Å².